The van der Waals surface area contributed by atoms with Crippen LogP contribution in [0.25, 0.3) is 0 Å². The number of hydrogen-bond acceptors (Lipinski definition) is 2. The standard InChI is InChI=1S/C10H12F2N2/c11-7-4-5-10(13-6-7)14-9-3-1-2-8(9)12/h4-6,8-9H,1-3H2,(H,13,14)/t8-,9+/m0/s1. The molecule has 0 radical (unpaired) electrons. The van der Waals surface area contributed by atoms with Crippen LogP contribution in [0.3, 0.4) is 0 Å². The number of rotatable bonds is 2. The first-order valence-corrected chi connectivity index (χ1v) is 4.78. The summed E-state index contributed by atoms with van der Waals surface area (Å²) in [5, 5.41) is 2.97. The van der Waals surface area contributed by atoms with Crippen molar-refractivity contribution in [1.82, 2.24) is 4.98 Å². The molecule has 2 atom stereocenters. The monoisotopic (exact) mass is 198 g/mol. The highest BCUT2D eigenvalue weighted by Crippen LogP contribution is 2.24. The minimum Gasteiger partial charge on any atom is -0.364 e. The van der Waals surface area contributed by atoms with Crippen molar-refractivity contribution in [2.75, 3.05) is 5.32 Å². The zero-order valence-electron chi connectivity index (χ0n) is 7.71. The Balaban J connectivity index is 2.00. The molecule has 1 aliphatic rings. The van der Waals surface area contributed by atoms with Gasteiger partial charge in [0.1, 0.15) is 17.8 Å². The average Bonchev–Trinajstić information content (AvgIpc) is 2.56. The van der Waals surface area contributed by atoms with Gasteiger partial charge in [0.2, 0.25) is 0 Å². The predicted octanol–water partition coefficient (Wildman–Crippen LogP) is 2.52. The molecule has 1 heterocycles. The maximum Gasteiger partial charge on any atom is 0.141 e. The fourth-order valence-corrected chi connectivity index (χ4v) is 1.73. The summed E-state index contributed by atoms with van der Waals surface area (Å²) in [6.07, 6.45) is 2.66. The first kappa shape index (κ1) is 9.37. The smallest absolute Gasteiger partial charge is 0.141 e. The van der Waals surface area contributed by atoms with Gasteiger partial charge in [-0.1, -0.05) is 0 Å². The van der Waals surface area contributed by atoms with Crippen LogP contribution in [0.5, 0.6) is 0 Å². The van der Waals surface area contributed by atoms with Crippen LogP contribution >= 0.6 is 0 Å². The van der Waals surface area contributed by atoms with E-state index in [0.29, 0.717) is 12.2 Å². The largest absolute Gasteiger partial charge is 0.364 e. The van der Waals surface area contributed by atoms with Gasteiger partial charge in [-0.25, -0.2) is 13.8 Å². The number of pyridine rings is 1. The quantitative estimate of drug-likeness (QED) is 0.789. The summed E-state index contributed by atoms with van der Waals surface area (Å²) < 4.78 is 25.7. The van der Waals surface area contributed by atoms with Gasteiger partial charge in [0, 0.05) is 0 Å². The summed E-state index contributed by atoms with van der Waals surface area (Å²) in [7, 11) is 0. The maximum absolute atomic E-state index is 13.2. The third-order valence-corrected chi connectivity index (χ3v) is 2.49. The zero-order chi connectivity index (χ0) is 9.97. The van der Waals surface area contributed by atoms with E-state index in [0.717, 1.165) is 19.0 Å². The van der Waals surface area contributed by atoms with Gasteiger partial charge < -0.3 is 5.32 Å². The molecule has 0 aromatic carbocycles. The van der Waals surface area contributed by atoms with Gasteiger partial charge in [-0.2, -0.15) is 0 Å². The van der Waals surface area contributed by atoms with E-state index in [1.165, 1.54) is 12.1 Å². The molecule has 1 aromatic heterocycles. The van der Waals surface area contributed by atoms with Crippen LogP contribution in [0.4, 0.5) is 14.6 Å². The highest BCUT2D eigenvalue weighted by Gasteiger charge is 2.26. The Morgan fingerprint density at radius 3 is 2.79 bits per heavy atom. The Morgan fingerprint density at radius 2 is 2.21 bits per heavy atom. The lowest BCUT2D eigenvalue weighted by atomic mass is 10.2. The predicted molar refractivity (Wildman–Crippen MR) is 50.4 cm³/mol. The highest BCUT2D eigenvalue weighted by atomic mass is 19.1. The van der Waals surface area contributed by atoms with Gasteiger partial charge in [0.05, 0.1) is 12.2 Å². The van der Waals surface area contributed by atoms with Gasteiger partial charge in [0.15, 0.2) is 0 Å². The second-order valence-electron chi connectivity index (χ2n) is 3.56. The van der Waals surface area contributed by atoms with E-state index in [1.807, 2.05) is 0 Å². The summed E-state index contributed by atoms with van der Waals surface area (Å²) in [6.45, 7) is 0. The number of nitrogens with zero attached hydrogens (tertiary/aromatic N) is 1. The fourth-order valence-electron chi connectivity index (χ4n) is 1.73. The van der Waals surface area contributed by atoms with Gasteiger partial charge >= 0.3 is 0 Å². The second-order valence-corrected chi connectivity index (χ2v) is 3.56. The van der Waals surface area contributed by atoms with Crippen molar-refractivity contribution in [2.24, 2.45) is 0 Å². The Labute approximate surface area is 81.4 Å². The highest BCUT2D eigenvalue weighted by molar-refractivity contribution is 5.35. The molecule has 1 aliphatic carbocycles. The normalized spacial score (nSPS) is 26.4. The fraction of sp³-hybridized carbons (Fsp3) is 0.500. The molecule has 0 unspecified atom stereocenters. The Morgan fingerprint density at radius 1 is 1.36 bits per heavy atom. The molecule has 14 heavy (non-hydrogen) atoms. The molecule has 2 rings (SSSR count). The van der Waals surface area contributed by atoms with Crippen molar-refractivity contribution >= 4 is 5.82 Å². The molecule has 1 N–H and O–H groups in total. The number of nitrogens with one attached hydrogen (secondary N) is 1. The zero-order valence-corrected chi connectivity index (χ0v) is 7.71. The van der Waals surface area contributed by atoms with Crippen LogP contribution in [-0.2, 0) is 0 Å². The van der Waals surface area contributed by atoms with Crippen molar-refractivity contribution in [3.8, 4) is 0 Å². The minimum absolute atomic E-state index is 0.159. The minimum atomic E-state index is -0.804. The summed E-state index contributed by atoms with van der Waals surface area (Å²) in [6, 6.07) is 2.69. The molecule has 0 aliphatic heterocycles. The van der Waals surface area contributed by atoms with Gasteiger partial charge in [0.25, 0.3) is 0 Å². The van der Waals surface area contributed by atoms with Crippen molar-refractivity contribution < 1.29 is 8.78 Å². The summed E-state index contributed by atoms with van der Waals surface area (Å²) in [4.78, 5) is 3.82. The molecule has 1 saturated carbocycles. The van der Waals surface area contributed by atoms with Crippen molar-refractivity contribution in [1.29, 1.82) is 0 Å². The summed E-state index contributed by atoms with van der Waals surface area (Å²) in [5.74, 6) is 0.166. The van der Waals surface area contributed by atoms with Gasteiger partial charge in [-0.15, -0.1) is 0 Å². The molecule has 4 heteroatoms. The Hall–Kier alpha value is -1.19. The van der Waals surface area contributed by atoms with Crippen LogP contribution in [-0.4, -0.2) is 17.2 Å². The van der Waals surface area contributed by atoms with Crippen LogP contribution in [0.15, 0.2) is 18.3 Å². The van der Waals surface area contributed by atoms with Gasteiger partial charge in [-0.05, 0) is 31.4 Å². The third kappa shape index (κ3) is 2.00. The SMILES string of the molecule is Fc1ccc(N[C@@H]2CCC[C@@H]2F)nc1. The molecule has 0 bridgehead atoms. The number of anilines is 1. The molecular weight excluding hydrogens is 186 g/mol. The molecule has 76 valence electrons. The maximum atomic E-state index is 13.2. The third-order valence-electron chi connectivity index (χ3n) is 2.49. The molecule has 0 amide bonds. The van der Waals surface area contributed by atoms with Crippen LogP contribution in [0.2, 0.25) is 0 Å². The van der Waals surface area contributed by atoms with E-state index < -0.39 is 6.17 Å². The first-order valence-electron chi connectivity index (χ1n) is 4.78. The Kier molecular flexibility index (Phi) is 2.61. The van der Waals surface area contributed by atoms with Crippen molar-refractivity contribution in [3.05, 3.63) is 24.1 Å². The van der Waals surface area contributed by atoms with E-state index in [4.69, 9.17) is 0 Å². The Bertz CT molecular complexity index is 299. The average molecular weight is 198 g/mol. The van der Waals surface area contributed by atoms with E-state index >= 15 is 0 Å². The summed E-state index contributed by atoms with van der Waals surface area (Å²) in [5.41, 5.74) is 0. The van der Waals surface area contributed by atoms with E-state index in [1.54, 1.807) is 0 Å². The number of alkyl halides is 1. The van der Waals surface area contributed by atoms with E-state index in [9.17, 15) is 8.78 Å². The number of halogens is 2. The molecular formula is C10H12F2N2. The lowest BCUT2D eigenvalue weighted by molar-refractivity contribution is 0.323. The van der Waals surface area contributed by atoms with Gasteiger partial charge in [-0.3, -0.25) is 0 Å². The number of aromatic nitrogens is 1. The topological polar surface area (TPSA) is 24.9 Å². The van der Waals surface area contributed by atoms with E-state index in [-0.39, 0.29) is 11.9 Å². The lowest BCUT2D eigenvalue weighted by Gasteiger charge is -2.14. The summed E-state index contributed by atoms with van der Waals surface area (Å²) >= 11 is 0. The van der Waals surface area contributed by atoms with Crippen LogP contribution < -0.4 is 5.32 Å². The molecule has 1 fully saturated rings. The second kappa shape index (κ2) is 3.90. The van der Waals surface area contributed by atoms with Crippen molar-refractivity contribution in [2.45, 2.75) is 31.5 Å². The number of hydrogen-bond donors (Lipinski definition) is 1. The molecule has 0 spiro atoms. The van der Waals surface area contributed by atoms with Crippen LogP contribution in [0.1, 0.15) is 19.3 Å². The molecule has 0 saturated heterocycles. The molecule has 2 nitrogen and oxygen atoms in total. The van der Waals surface area contributed by atoms with Crippen molar-refractivity contribution in [3.63, 3.8) is 0 Å². The lowest BCUT2D eigenvalue weighted by Crippen LogP contribution is -2.25. The molecule has 1 aromatic rings. The van der Waals surface area contributed by atoms with Crippen LogP contribution in [0, 0.1) is 5.82 Å². The van der Waals surface area contributed by atoms with E-state index in [2.05, 4.69) is 10.3 Å². The first-order chi connectivity index (χ1) is 6.75.